The molecule has 3 rings (SSSR count). The standard InChI is InChI=1S/C14H18N2OS2/c17-12-3-1-11(2-4-12)15-7-13-8-16-14(19-13)10-5-6-18-9-10/h5-6,8-9,11-12,15,17H,1-4,7H2. The van der Waals surface area contributed by atoms with E-state index in [1.807, 2.05) is 6.20 Å². The Balaban J connectivity index is 1.53. The molecule has 1 aliphatic carbocycles. The highest BCUT2D eigenvalue weighted by molar-refractivity contribution is 7.15. The molecule has 0 amide bonds. The molecule has 3 nitrogen and oxygen atoms in total. The van der Waals surface area contributed by atoms with E-state index in [1.54, 1.807) is 22.7 Å². The van der Waals surface area contributed by atoms with Crippen LogP contribution in [0.25, 0.3) is 10.6 Å². The number of rotatable bonds is 4. The molecule has 102 valence electrons. The summed E-state index contributed by atoms with van der Waals surface area (Å²) in [5.41, 5.74) is 1.22. The van der Waals surface area contributed by atoms with Crippen molar-refractivity contribution in [1.29, 1.82) is 0 Å². The highest BCUT2D eigenvalue weighted by atomic mass is 32.1. The molecule has 1 fully saturated rings. The van der Waals surface area contributed by atoms with Crippen molar-refractivity contribution in [3.05, 3.63) is 27.9 Å². The fraction of sp³-hybridized carbons (Fsp3) is 0.500. The van der Waals surface area contributed by atoms with Crippen LogP contribution in [0.1, 0.15) is 30.6 Å². The number of aliphatic hydroxyl groups is 1. The van der Waals surface area contributed by atoms with Gasteiger partial charge in [0, 0.05) is 34.6 Å². The highest BCUT2D eigenvalue weighted by Crippen LogP contribution is 2.27. The Hall–Kier alpha value is -0.750. The molecule has 2 N–H and O–H groups in total. The smallest absolute Gasteiger partial charge is 0.124 e. The van der Waals surface area contributed by atoms with E-state index in [0.29, 0.717) is 6.04 Å². The van der Waals surface area contributed by atoms with Crippen molar-refractivity contribution in [2.75, 3.05) is 0 Å². The normalized spacial score (nSPS) is 23.6. The van der Waals surface area contributed by atoms with Crippen molar-refractivity contribution in [3.63, 3.8) is 0 Å². The Morgan fingerprint density at radius 3 is 2.89 bits per heavy atom. The molecule has 0 bridgehead atoms. The average Bonchev–Trinajstić information content (AvgIpc) is 3.09. The SMILES string of the molecule is OC1CCC(NCc2cnc(-c3ccsc3)s2)CC1. The van der Waals surface area contributed by atoms with Crippen molar-refractivity contribution in [2.45, 2.75) is 44.4 Å². The molecule has 0 aromatic carbocycles. The number of thiazole rings is 1. The van der Waals surface area contributed by atoms with E-state index in [4.69, 9.17) is 0 Å². The quantitative estimate of drug-likeness (QED) is 0.909. The molecule has 0 unspecified atom stereocenters. The summed E-state index contributed by atoms with van der Waals surface area (Å²) in [5, 5.41) is 18.4. The molecular weight excluding hydrogens is 276 g/mol. The average molecular weight is 294 g/mol. The summed E-state index contributed by atoms with van der Waals surface area (Å²) in [4.78, 5) is 5.76. The zero-order valence-corrected chi connectivity index (χ0v) is 12.3. The lowest BCUT2D eigenvalue weighted by Gasteiger charge is -2.26. The first kappa shape index (κ1) is 13.2. The largest absolute Gasteiger partial charge is 0.393 e. The molecule has 2 aromatic heterocycles. The van der Waals surface area contributed by atoms with Gasteiger partial charge in [-0.2, -0.15) is 11.3 Å². The van der Waals surface area contributed by atoms with E-state index in [2.05, 4.69) is 27.1 Å². The lowest BCUT2D eigenvalue weighted by Crippen LogP contribution is -2.33. The third kappa shape index (κ3) is 3.42. The van der Waals surface area contributed by atoms with Crippen molar-refractivity contribution in [2.24, 2.45) is 0 Å². The van der Waals surface area contributed by atoms with Crippen LogP contribution in [0.3, 0.4) is 0 Å². The van der Waals surface area contributed by atoms with Gasteiger partial charge in [0.25, 0.3) is 0 Å². The van der Waals surface area contributed by atoms with Gasteiger partial charge in [0.15, 0.2) is 0 Å². The first-order valence-electron chi connectivity index (χ1n) is 6.70. The Kier molecular flexibility index (Phi) is 4.28. The molecule has 0 atom stereocenters. The Morgan fingerprint density at radius 2 is 2.16 bits per heavy atom. The number of nitrogens with zero attached hydrogens (tertiary/aromatic N) is 1. The van der Waals surface area contributed by atoms with Crippen LogP contribution in [0.15, 0.2) is 23.0 Å². The fourth-order valence-electron chi connectivity index (χ4n) is 2.43. The minimum Gasteiger partial charge on any atom is -0.393 e. The number of nitrogens with one attached hydrogen (secondary N) is 1. The van der Waals surface area contributed by atoms with Crippen molar-refractivity contribution < 1.29 is 5.11 Å². The zero-order valence-electron chi connectivity index (χ0n) is 10.7. The number of hydrogen-bond donors (Lipinski definition) is 2. The molecule has 2 aromatic rings. The summed E-state index contributed by atoms with van der Waals surface area (Å²) >= 11 is 3.47. The molecule has 19 heavy (non-hydrogen) atoms. The summed E-state index contributed by atoms with van der Waals surface area (Å²) in [6.45, 7) is 0.891. The molecule has 0 spiro atoms. The Bertz CT molecular complexity index is 501. The number of hydrogen-bond acceptors (Lipinski definition) is 5. The van der Waals surface area contributed by atoms with Crippen LogP contribution in [0.4, 0.5) is 0 Å². The third-order valence-electron chi connectivity index (χ3n) is 3.58. The minimum absolute atomic E-state index is 0.0772. The zero-order chi connectivity index (χ0) is 13.1. The lowest BCUT2D eigenvalue weighted by atomic mass is 9.93. The van der Waals surface area contributed by atoms with E-state index in [9.17, 15) is 5.11 Å². The topological polar surface area (TPSA) is 45.1 Å². The van der Waals surface area contributed by atoms with Gasteiger partial charge in [0.2, 0.25) is 0 Å². The molecular formula is C14H18N2OS2. The maximum atomic E-state index is 9.49. The second-order valence-electron chi connectivity index (χ2n) is 5.03. The monoisotopic (exact) mass is 294 g/mol. The van der Waals surface area contributed by atoms with Crippen molar-refractivity contribution in [1.82, 2.24) is 10.3 Å². The van der Waals surface area contributed by atoms with Gasteiger partial charge >= 0.3 is 0 Å². The predicted octanol–water partition coefficient (Wildman–Crippen LogP) is 3.26. The molecule has 1 saturated carbocycles. The van der Waals surface area contributed by atoms with E-state index >= 15 is 0 Å². The second-order valence-corrected chi connectivity index (χ2v) is 6.93. The van der Waals surface area contributed by atoms with Crippen LogP contribution < -0.4 is 5.32 Å². The summed E-state index contributed by atoms with van der Waals surface area (Å²) < 4.78 is 0. The molecule has 2 heterocycles. The van der Waals surface area contributed by atoms with E-state index in [-0.39, 0.29) is 6.10 Å². The summed E-state index contributed by atoms with van der Waals surface area (Å²) in [7, 11) is 0. The molecule has 1 aliphatic rings. The number of aromatic nitrogens is 1. The van der Waals surface area contributed by atoms with Crippen LogP contribution in [-0.2, 0) is 6.54 Å². The molecule has 0 radical (unpaired) electrons. The van der Waals surface area contributed by atoms with Gasteiger partial charge in [-0.05, 0) is 37.1 Å². The lowest BCUT2D eigenvalue weighted by molar-refractivity contribution is 0.116. The maximum absolute atomic E-state index is 9.49. The van der Waals surface area contributed by atoms with Gasteiger partial charge in [-0.3, -0.25) is 0 Å². The van der Waals surface area contributed by atoms with Gasteiger partial charge in [-0.1, -0.05) is 0 Å². The van der Waals surface area contributed by atoms with Crippen LogP contribution in [-0.4, -0.2) is 22.2 Å². The van der Waals surface area contributed by atoms with Gasteiger partial charge in [-0.25, -0.2) is 4.98 Å². The predicted molar refractivity (Wildman–Crippen MR) is 80.5 cm³/mol. The van der Waals surface area contributed by atoms with Gasteiger partial charge < -0.3 is 10.4 Å². The molecule has 5 heteroatoms. The Labute approximate surface area is 121 Å². The fourth-order valence-corrected chi connectivity index (χ4v) is 4.01. The van der Waals surface area contributed by atoms with Crippen LogP contribution in [0, 0.1) is 0 Å². The van der Waals surface area contributed by atoms with E-state index in [1.165, 1.54) is 10.4 Å². The summed E-state index contributed by atoms with van der Waals surface area (Å²) in [6, 6.07) is 2.67. The van der Waals surface area contributed by atoms with Gasteiger partial charge in [0.1, 0.15) is 5.01 Å². The highest BCUT2D eigenvalue weighted by Gasteiger charge is 2.18. The third-order valence-corrected chi connectivity index (χ3v) is 5.31. The number of aliphatic hydroxyl groups excluding tert-OH is 1. The summed E-state index contributed by atoms with van der Waals surface area (Å²) in [5.74, 6) is 0. The number of thiophene rings is 1. The first-order chi connectivity index (χ1) is 9.31. The minimum atomic E-state index is -0.0772. The van der Waals surface area contributed by atoms with Crippen LogP contribution >= 0.6 is 22.7 Å². The molecule has 0 aliphatic heterocycles. The molecule has 0 saturated heterocycles. The van der Waals surface area contributed by atoms with Gasteiger partial charge in [-0.15, -0.1) is 11.3 Å². The second kappa shape index (κ2) is 6.13. The maximum Gasteiger partial charge on any atom is 0.124 e. The van der Waals surface area contributed by atoms with Gasteiger partial charge in [0.05, 0.1) is 6.10 Å². The van der Waals surface area contributed by atoms with Crippen molar-refractivity contribution in [3.8, 4) is 10.6 Å². The summed E-state index contributed by atoms with van der Waals surface area (Å²) in [6.07, 6.45) is 5.92. The first-order valence-corrected chi connectivity index (χ1v) is 8.46. The van der Waals surface area contributed by atoms with E-state index in [0.717, 1.165) is 37.2 Å². The Morgan fingerprint density at radius 1 is 1.32 bits per heavy atom. The van der Waals surface area contributed by atoms with Crippen LogP contribution in [0.5, 0.6) is 0 Å². The van der Waals surface area contributed by atoms with Crippen LogP contribution in [0.2, 0.25) is 0 Å². The van der Waals surface area contributed by atoms with E-state index < -0.39 is 0 Å². The van der Waals surface area contributed by atoms with Crippen molar-refractivity contribution >= 4 is 22.7 Å².